The lowest BCUT2D eigenvalue weighted by Crippen LogP contribution is -2.28. The molecule has 0 aliphatic heterocycles. The average molecular weight is 438 g/mol. The van der Waals surface area contributed by atoms with E-state index in [0.29, 0.717) is 5.56 Å². The lowest BCUT2D eigenvalue weighted by molar-refractivity contribution is 0.198. The maximum absolute atomic E-state index is 14.0. The Morgan fingerprint density at radius 1 is 1.03 bits per heavy atom. The third-order valence-corrected chi connectivity index (χ3v) is 9.54. The molecule has 0 amide bonds. The van der Waals surface area contributed by atoms with Crippen LogP contribution in [0.2, 0.25) is 0 Å². The van der Waals surface area contributed by atoms with E-state index in [1.165, 1.54) is 17.4 Å². The molecule has 0 saturated heterocycles. The molecule has 0 aliphatic carbocycles. The van der Waals surface area contributed by atoms with Crippen LogP contribution in [0.5, 0.6) is 0 Å². The molecule has 29 heavy (non-hydrogen) atoms. The molecule has 1 atom stereocenters. The van der Waals surface area contributed by atoms with E-state index < -0.39 is 24.4 Å². The van der Waals surface area contributed by atoms with Crippen molar-refractivity contribution in [1.29, 1.82) is 0 Å². The normalized spacial score (nSPS) is 14.3. The molecule has 0 radical (unpaired) electrons. The first-order chi connectivity index (χ1) is 13.8. The molecule has 3 rings (SSSR count). The highest BCUT2D eigenvalue weighted by molar-refractivity contribution is 7.55. The van der Waals surface area contributed by atoms with Crippen molar-refractivity contribution in [2.45, 2.75) is 39.3 Å². The van der Waals surface area contributed by atoms with Crippen LogP contribution >= 0.6 is 18.9 Å². The van der Waals surface area contributed by atoms with Gasteiger partial charge in [0.2, 0.25) is 0 Å². The van der Waals surface area contributed by atoms with Crippen molar-refractivity contribution in [2.24, 2.45) is 0 Å². The maximum Gasteiger partial charge on any atom is 0.341 e. The summed E-state index contributed by atoms with van der Waals surface area (Å²) < 4.78 is 53.9. The Morgan fingerprint density at radius 2 is 1.69 bits per heavy atom. The standard InChI is InChI=1S/C22H25F2O3PS/c1-5-26-28(25,27-6-2)22(4,14-16-11-12-18(23)19(24)13-16)21-15(3)17-9-7-8-10-20(17)29-21/h7-13H,5-6,14H2,1-4H3. The SMILES string of the molecule is CCOP(=O)(OCC)C(C)(Cc1ccc(F)c(F)c1)c1sc2ccccc2c1C. The smallest absolute Gasteiger partial charge is 0.308 e. The zero-order valence-electron chi connectivity index (χ0n) is 17.0. The zero-order valence-corrected chi connectivity index (χ0v) is 18.7. The van der Waals surface area contributed by atoms with Crippen LogP contribution in [0.1, 0.15) is 36.8 Å². The van der Waals surface area contributed by atoms with Gasteiger partial charge in [0.15, 0.2) is 11.6 Å². The molecular weight excluding hydrogens is 413 g/mol. The summed E-state index contributed by atoms with van der Waals surface area (Å²) >= 11 is 1.54. The maximum atomic E-state index is 14.0. The van der Waals surface area contributed by atoms with Gasteiger partial charge < -0.3 is 9.05 Å². The fourth-order valence-corrected chi connectivity index (χ4v) is 7.54. The van der Waals surface area contributed by atoms with Gasteiger partial charge >= 0.3 is 7.60 Å². The van der Waals surface area contributed by atoms with Gasteiger partial charge in [-0.05, 0) is 68.8 Å². The number of hydrogen-bond donors (Lipinski definition) is 0. The Kier molecular flexibility index (Phi) is 6.59. The van der Waals surface area contributed by atoms with Crippen molar-refractivity contribution in [3.63, 3.8) is 0 Å². The molecule has 156 valence electrons. The van der Waals surface area contributed by atoms with Crippen LogP contribution in [0.4, 0.5) is 8.78 Å². The minimum atomic E-state index is -3.64. The first-order valence-electron chi connectivity index (χ1n) is 9.57. The Hall–Kier alpha value is -1.59. The van der Waals surface area contributed by atoms with Gasteiger partial charge in [-0.1, -0.05) is 24.3 Å². The number of rotatable bonds is 8. The van der Waals surface area contributed by atoms with Gasteiger partial charge in [0.05, 0.1) is 13.2 Å². The van der Waals surface area contributed by atoms with Crippen molar-refractivity contribution in [1.82, 2.24) is 0 Å². The highest BCUT2D eigenvalue weighted by atomic mass is 32.1. The van der Waals surface area contributed by atoms with Gasteiger partial charge in [-0.3, -0.25) is 4.57 Å². The summed E-state index contributed by atoms with van der Waals surface area (Å²) in [6, 6.07) is 11.7. The Bertz CT molecular complexity index is 1060. The molecule has 3 aromatic rings. The van der Waals surface area contributed by atoms with Crippen LogP contribution < -0.4 is 0 Å². The summed E-state index contributed by atoms with van der Waals surface area (Å²) in [4.78, 5) is 0.869. The van der Waals surface area contributed by atoms with E-state index in [-0.39, 0.29) is 19.6 Å². The van der Waals surface area contributed by atoms with Crippen LogP contribution in [-0.2, 0) is 25.2 Å². The Morgan fingerprint density at radius 3 is 2.28 bits per heavy atom. The van der Waals surface area contributed by atoms with Crippen molar-refractivity contribution >= 4 is 29.0 Å². The minimum absolute atomic E-state index is 0.190. The van der Waals surface area contributed by atoms with Crippen molar-refractivity contribution in [2.75, 3.05) is 13.2 Å². The predicted molar refractivity (Wildman–Crippen MR) is 115 cm³/mol. The molecule has 3 nitrogen and oxygen atoms in total. The molecule has 0 N–H and O–H groups in total. The summed E-state index contributed by atoms with van der Waals surface area (Å²) in [6.45, 7) is 7.78. The van der Waals surface area contributed by atoms with E-state index in [0.717, 1.165) is 32.7 Å². The molecule has 0 spiro atoms. The number of halogens is 2. The molecular formula is C22H25F2O3PS. The number of fused-ring (bicyclic) bond motifs is 1. The molecule has 2 aromatic carbocycles. The summed E-state index contributed by atoms with van der Waals surface area (Å²) in [5, 5.41) is 0.0143. The lowest BCUT2D eigenvalue weighted by Gasteiger charge is -2.36. The first kappa shape index (κ1) is 22.1. The van der Waals surface area contributed by atoms with E-state index in [9.17, 15) is 13.3 Å². The second-order valence-corrected chi connectivity index (χ2v) is 10.6. The third kappa shape index (κ3) is 4.04. The van der Waals surface area contributed by atoms with Crippen LogP contribution in [-0.4, -0.2) is 13.2 Å². The minimum Gasteiger partial charge on any atom is -0.308 e. The number of thiophene rings is 1. The second kappa shape index (κ2) is 8.65. The highest BCUT2D eigenvalue weighted by Crippen LogP contribution is 2.67. The largest absolute Gasteiger partial charge is 0.341 e. The van der Waals surface area contributed by atoms with Crippen LogP contribution in [0, 0.1) is 18.6 Å². The summed E-state index contributed by atoms with van der Waals surface area (Å²) in [7, 11) is -3.64. The van der Waals surface area contributed by atoms with Crippen LogP contribution in [0.15, 0.2) is 42.5 Å². The van der Waals surface area contributed by atoms with Gasteiger partial charge in [0.25, 0.3) is 0 Å². The van der Waals surface area contributed by atoms with Crippen molar-refractivity contribution in [3.8, 4) is 0 Å². The third-order valence-electron chi connectivity index (χ3n) is 5.07. The molecule has 0 fully saturated rings. The van der Waals surface area contributed by atoms with Crippen molar-refractivity contribution < 1.29 is 22.4 Å². The predicted octanol–water partition coefficient (Wildman–Crippen LogP) is 7.21. The van der Waals surface area contributed by atoms with Gasteiger partial charge in [-0.25, -0.2) is 8.78 Å². The first-order valence-corrected chi connectivity index (χ1v) is 11.9. The molecule has 7 heteroatoms. The van der Waals surface area contributed by atoms with Gasteiger partial charge in [-0.15, -0.1) is 11.3 Å². The van der Waals surface area contributed by atoms with E-state index in [2.05, 4.69) is 0 Å². The lowest BCUT2D eigenvalue weighted by atomic mass is 9.95. The molecule has 1 aromatic heterocycles. The van der Waals surface area contributed by atoms with E-state index in [4.69, 9.17) is 9.05 Å². The number of hydrogen-bond acceptors (Lipinski definition) is 4. The molecule has 0 saturated carbocycles. The number of benzene rings is 2. The Balaban J connectivity index is 2.23. The molecule has 0 bridgehead atoms. The average Bonchev–Trinajstić information content (AvgIpc) is 3.02. The van der Waals surface area contributed by atoms with Crippen LogP contribution in [0.25, 0.3) is 10.1 Å². The topological polar surface area (TPSA) is 35.5 Å². The fraction of sp³-hybridized carbons (Fsp3) is 0.364. The molecule has 1 heterocycles. The molecule has 1 unspecified atom stereocenters. The summed E-state index contributed by atoms with van der Waals surface area (Å²) in [5.41, 5.74) is 1.53. The summed E-state index contributed by atoms with van der Waals surface area (Å²) in [5.74, 6) is -1.84. The van der Waals surface area contributed by atoms with Crippen molar-refractivity contribution in [3.05, 3.63) is 70.1 Å². The number of aryl methyl sites for hydroxylation is 1. The monoisotopic (exact) mass is 438 g/mol. The fourth-order valence-electron chi connectivity index (χ4n) is 3.70. The van der Waals surface area contributed by atoms with E-state index >= 15 is 0 Å². The second-order valence-electron chi connectivity index (χ2n) is 7.08. The quantitative estimate of drug-likeness (QED) is 0.349. The van der Waals surface area contributed by atoms with Gasteiger partial charge in [0, 0.05) is 9.58 Å². The molecule has 0 aliphatic rings. The van der Waals surface area contributed by atoms with E-state index in [1.54, 1.807) is 13.8 Å². The van der Waals surface area contributed by atoms with Crippen LogP contribution in [0.3, 0.4) is 0 Å². The van der Waals surface area contributed by atoms with Gasteiger partial charge in [-0.2, -0.15) is 0 Å². The van der Waals surface area contributed by atoms with E-state index in [1.807, 2.05) is 38.1 Å². The summed E-state index contributed by atoms with van der Waals surface area (Å²) in [6.07, 6.45) is 0.190. The highest BCUT2D eigenvalue weighted by Gasteiger charge is 2.50. The van der Waals surface area contributed by atoms with Gasteiger partial charge in [0.1, 0.15) is 5.16 Å². The Labute approximate surface area is 174 Å². The zero-order chi connectivity index (χ0) is 21.2.